The van der Waals surface area contributed by atoms with Gasteiger partial charge in [0.05, 0.1) is 32.0 Å². The van der Waals surface area contributed by atoms with Crippen LogP contribution in [0.3, 0.4) is 0 Å². The van der Waals surface area contributed by atoms with E-state index in [1.807, 2.05) is 0 Å². The van der Waals surface area contributed by atoms with E-state index in [1.165, 1.54) is 7.11 Å². The molecule has 6 nitrogen and oxygen atoms in total. The predicted octanol–water partition coefficient (Wildman–Crippen LogP) is 0.111. The number of morpholine rings is 1. The number of benzene rings is 1. The number of nitrogens with two attached hydrogens (primary N) is 1. The number of nitrogen functional groups attached to an aromatic ring is 1. The smallest absolute Gasteiger partial charge is 0.257 e. The summed E-state index contributed by atoms with van der Waals surface area (Å²) in [5.74, 6) is 0.331. The molecule has 1 saturated heterocycles. The lowest BCUT2D eigenvalue weighted by Crippen LogP contribution is -2.47. The van der Waals surface area contributed by atoms with Gasteiger partial charge in [0.15, 0.2) is 0 Å². The molecule has 3 N–H and O–H groups in total. The van der Waals surface area contributed by atoms with E-state index in [4.69, 9.17) is 20.3 Å². The monoisotopic (exact) mass is 266 g/mol. The quantitative estimate of drug-likeness (QED) is 0.759. The van der Waals surface area contributed by atoms with Gasteiger partial charge in [-0.2, -0.15) is 0 Å². The van der Waals surface area contributed by atoms with E-state index >= 15 is 0 Å². The first-order valence-corrected chi connectivity index (χ1v) is 6.11. The van der Waals surface area contributed by atoms with Crippen molar-refractivity contribution in [3.8, 4) is 5.75 Å². The van der Waals surface area contributed by atoms with E-state index in [0.29, 0.717) is 36.7 Å². The molecular weight excluding hydrogens is 248 g/mol. The Morgan fingerprint density at radius 1 is 1.63 bits per heavy atom. The minimum Gasteiger partial charge on any atom is -0.496 e. The molecule has 1 fully saturated rings. The van der Waals surface area contributed by atoms with Crippen LogP contribution in [0.4, 0.5) is 5.69 Å². The average molecular weight is 266 g/mol. The Hall–Kier alpha value is -1.79. The number of nitrogens with zero attached hydrogens (tertiary/aromatic N) is 1. The van der Waals surface area contributed by atoms with Crippen molar-refractivity contribution in [1.82, 2.24) is 4.90 Å². The number of carbonyl (C=O) groups excluding carboxylic acids is 1. The third-order valence-electron chi connectivity index (χ3n) is 3.08. The SMILES string of the molecule is COc1ccc(N)cc1C(=O)N1CCOC(CO)C1. The standard InChI is InChI=1S/C13H18N2O4/c1-18-12-3-2-9(14)6-11(12)13(17)15-4-5-19-10(7-15)8-16/h2-3,6,10,16H,4-5,7-8,14H2,1H3. The maximum Gasteiger partial charge on any atom is 0.257 e. The molecule has 1 aromatic rings. The molecule has 1 aliphatic rings. The van der Waals surface area contributed by atoms with E-state index in [2.05, 4.69) is 0 Å². The van der Waals surface area contributed by atoms with Gasteiger partial charge in [-0.25, -0.2) is 0 Å². The van der Waals surface area contributed by atoms with Gasteiger partial charge >= 0.3 is 0 Å². The molecule has 2 rings (SSSR count). The fourth-order valence-corrected chi connectivity index (χ4v) is 2.08. The number of aliphatic hydroxyl groups is 1. The number of ether oxygens (including phenoxy) is 2. The minimum absolute atomic E-state index is 0.0994. The summed E-state index contributed by atoms with van der Waals surface area (Å²) < 4.78 is 10.5. The number of aliphatic hydroxyl groups excluding tert-OH is 1. The Morgan fingerprint density at radius 2 is 2.42 bits per heavy atom. The molecule has 1 amide bonds. The number of carbonyl (C=O) groups is 1. The molecule has 0 bridgehead atoms. The molecule has 1 heterocycles. The van der Waals surface area contributed by atoms with Gasteiger partial charge in [-0.15, -0.1) is 0 Å². The van der Waals surface area contributed by atoms with Crippen LogP contribution in [0.2, 0.25) is 0 Å². The highest BCUT2D eigenvalue weighted by Gasteiger charge is 2.26. The van der Waals surface area contributed by atoms with Crippen LogP contribution in [-0.4, -0.2) is 55.4 Å². The van der Waals surface area contributed by atoms with E-state index in [1.54, 1.807) is 23.1 Å². The molecule has 0 aromatic heterocycles. The zero-order chi connectivity index (χ0) is 13.8. The van der Waals surface area contributed by atoms with Crippen LogP contribution in [0, 0.1) is 0 Å². The van der Waals surface area contributed by atoms with Crippen LogP contribution in [0.5, 0.6) is 5.75 Å². The van der Waals surface area contributed by atoms with Gasteiger partial charge in [0.1, 0.15) is 5.75 Å². The normalized spacial score (nSPS) is 19.3. The van der Waals surface area contributed by atoms with E-state index in [-0.39, 0.29) is 18.6 Å². The largest absolute Gasteiger partial charge is 0.496 e. The maximum atomic E-state index is 12.4. The zero-order valence-electron chi connectivity index (χ0n) is 10.8. The highest BCUT2D eigenvalue weighted by atomic mass is 16.5. The number of anilines is 1. The van der Waals surface area contributed by atoms with Crippen molar-refractivity contribution in [2.24, 2.45) is 0 Å². The van der Waals surface area contributed by atoms with Gasteiger partial charge in [-0.3, -0.25) is 4.79 Å². The number of hydrogen-bond donors (Lipinski definition) is 2. The second-order valence-electron chi connectivity index (χ2n) is 4.39. The minimum atomic E-state index is -0.329. The van der Waals surface area contributed by atoms with Gasteiger partial charge in [0.25, 0.3) is 5.91 Å². The molecule has 0 radical (unpaired) electrons. The molecule has 19 heavy (non-hydrogen) atoms. The second kappa shape index (κ2) is 5.90. The Labute approximate surface area is 111 Å². The van der Waals surface area contributed by atoms with Crippen LogP contribution in [-0.2, 0) is 4.74 Å². The van der Waals surface area contributed by atoms with Crippen LogP contribution in [0.25, 0.3) is 0 Å². The topological polar surface area (TPSA) is 85.0 Å². The molecule has 0 saturated carbocycles. The Balaban J connectivity index is 2.21. The molecule has 104 valence electrons. The van der Waals surface area contributed by atoms with Crippen molar-refractivity contribution in [2.45, 2.75) is 6.10 Å². The zero-order valence-corrected chi connectivity index (χ0v) is 10.8. The fourth-order valence-electron chi connectivity index (χ4n) is 2.08. The first-order chi connectivity index (χ1) is 9.15. The van der Waals surface area contributed by atoms with Crippen molar-refractivity contribution in [3.63, 3.8) is 0 Å². The van der Waals surface area contributed by atoms with Crippen LogP contribution in [0.1, 0.15) is 10.4 Å². The van der Waals surface area contributed by atoms with Gasteiger partial charge < -0.3 is 25.2 Å². The Bertz CT molecular complexity index is 464. The Kier molecular flexibility index (Phi) is 4.24. The lowest BCUT2D eigenvalue weighted by atomic mass is 10.1. The number of methoxy groups -OCH3 is 1. The molecule has 1 aromatic carbocycles. The van der Waals surface area contributed by atoms with Crippen molar-refractivity contribution in [1.29, 1.82) is 0 Å². The summed E-state index contributed by atoms with van der Waals surface area (Å²) in [5, 5.41) is 9.10. The molecule has 0 aliphatic carbocycles. The summed E-state index contributed by atoms with van der Waals surface area (Å²) in [6, 6.07) is 4.96. The summed E-state index contributed by atoms with van der Waals surface area (Å²) in [6.45, 7) is 1.18. The van der Waals surface area contributed by atoms with Gasteiger partial charge in [-0.1, -0.05) is 0 Å². The average Bonchev–Trinajstić information content (AvgIpc) is 2.46. The summed E-state index contributed by atoms with van der Waals surface area (Å²) in [4.78, 5) is 14.1. The third kappa shape index (κ3) is 2.97. The summed E-state index contributed by atoms with van der Waals surface area (Å²) >= 11 is 0. The summed E-state index contributed by atoms with van der Waals surface area (Å²) in [6.07, 6.45) is -0.329. The van der Waals surface area contributed by atoms with Crippen LogP contribution < -0.4 is 10.5 Å². The molecule has 6 heteroatoms. The summed E-state index contributed by atoms with van der Waals surface area (Å²) in [5.41, 5.74) is 6.65. The molecule has 1 aliphatic heterocycles. The van der Waals surface area contributed by atoms with Crippen molar-refractivity contribution >= 4 is 11.6 Å². The van der Waals surface area contributed by atoms with E-state index < -0.39 is 0 Å². The molecule has 0 spiro atoms. The Morgan fingerprint density at radius 3 is 3.11 bits per heavy atom. The van der Waals surface area contributed by atoms with Crippen LogP contribution in [0.15, 0.2) is 18.2 Å². The highest BCUT2D eigenvalue weighted by molar-refractivity contribution is 5.97. The molecule has 1 unspecified atom stereocenters. The first-order valence-electron chi connectivity index (χ1n) is 6.11. The summed E-state index contributed by atoms with van der Waals surface area (Å²) in [7, 11) is 1.51. The fraction of sp³-hybridized carbons (Fsp3) is 0.462. The van der Waals surface area contributed by atoms with Gasteiger partial charge in [0, 0.05) is 18.8 Å². The van der Waals surface area contributed by atoms with Crippen molar-refractivity contribution in [2.75, 3.05) is 39.1 Å². The van der Waals surface area contributed by atoms with Gasteiger partial charge in [-0.05, 0) is 18.2 Å². The van der Waals surface area contributed by atoms with Crippen molar-refractivity contribution in [3.05, 3.63) is 23.8 Å². The second-order valence-corrected chi connectivity index (χ2v) is 4.39. The van der Waals surface area contributed by atoms with E-state index in [0.717, 1.165) is 0 Å². The first kappa shape index (κ1) is 13.6. The van der Waals surface area contributed by atoms with Gasteiger partial charge in [0.2, 0.25) is 0 Å². The van der Waals surface area contributed by atoms with Crippen molar-refractivity contribution < 1.29 is 19.4 Å². The van der Waals surface area contributed by atoms with Crippen LogP contribution >= 0.6 is 0 Å². The number of hydrogen-bond acceptors (Lipinski definition) is 5. The number of amides is 1. The molecular formula is C13H18N2O4. The lowest BCUT2D eigenvalue weighted by molar-refractivity contribution is -0.0447. The lowest BCUT2D eigenvalue weighted by Gasteiger charge is -2.32. The third-order valence-corrected chi connectivity index (χ3v) is 3.08. The number of rotatable bonds is 3. The molecule has 1 atom stereocenters. The maximum absolute atomic E-state index is 12.4. The van der Waals surface area contributed by atoms with E-state index in [9.17, 15) is 4.79 Å². The highest BCUT2D eigenvalue weighted by Crippen LogP contribution is 2.23. The predicted molar refractivity (Wildman–Crippen MR) is 70.1 cm³/mol.